The lowest BCUT2D eigenvalue weighted by Crippen LogP contribution is -2.36. The minimum Gasteiger partial charge on any atom is -0.495 e. The number of anilines is 2. The maximum Gasteiger partial charge on any atom is 0.268 e. The highest BCUT2D eigenvalue weighted by molar-refractivity contribution is 6.05. The number of rotatable bonds is 5. The van der Waals surface area contributed by atoms with Gasteiger partial charge >= 0.3 is 0 Å². The fourth-order valence-electron chi connectivity index (χ4n) is 3.55. The Kier molecular flexibility index (Phi) is 5.99. The smallest absolute Gasteiger partial charge is 0.268 e. The van der Waals surface area contributed by atoms with E-state index in [1.807, 2.05) is 18.2 Å². The molecule has 1 aliphatic heterocycles. The molecule has 3 heterocycles. The van der Waals surface area contributed by atoms with Crippen molar-refractivity contribution in [3.63, 3.8) is 0 Å². The Labute approximate surface area is 180 Å². The van der Waals surface area contributed by atoms with Crippen LogP contribution >= 0.6 is 0 Å². The van der Waals surface area contributed by atoms with Crippen molar-refractivity contribution in [2.24, 2.45) is 0 Å². The standard InChI is InChI=1S/C23H24N4O4/c1-16-9-10-27(18-5-3-4-6-19(18)30-2)23(29)21(16)22(28)25-17-7-8-20(24-15-17)26-11-13-31-14-12-26/h3-10,15H,11-14H2,1-2H3,(H,25,28). The topological polar surface area (TPSA) is 85.7 Å². The van der Waals surface area contributed by atoms with Crippen LogP contribution in [0.2, 0.25) is 0 Å². The first-order chi connectivity index (χ1) is 15.1. The zero-order valence-electron chi connectivity index (χ0n) is 17.5. The summed E-state index contributed by atoms with van der Waals surface area (Å²) < 4.78 is 12.1. The number of morpholine rings is 1. The van der Waals surface area contributed by atoms with Crippen LogP contribution in [0, 0.1) is 6.92 Å². The number of para-hydroxylation sites is 2. The Morgan fingerprint density at radius 1 is 1.13 bits per heavy atom. The van der Waals surface area contributed by atoms with Crippen LogP contribution in [0.25, 0.3) is 5.69 Å². The van der Waals surface area contributed by atoms with Crippen LogP contribution in [-0.4, -0.2) is 48.9 Å². The van der Waals surface area contributed by atoms with Crippen molar-refractivity contribution in [1.29, 1.82) is 0 Å². The van der Waals surface area contributed by atoms with Crippen LogP contribution < -0.4 is 20.5 Å². The third-order valence-electron chi connectivity index (χ3n) is 5.21. The lowest BCUT2D eigenvalue weighted by atomic mass is 10.1. The maximum absolute atomic E-state index is 13.2. The summed E-state index contributed by atoms with van der Waals surface area (Å²) in [4.78, 5) is 32.7. The van der Waals surface area contributed by atoms with Gasteiger partial charge in [-0.25, -0.2) is 4.98 Å². The van der Waals surface area contributed by atoms with E-state index in [0.29, 0.717) is 35.9 Å². The van der Waals surface area contributed by atoms with E-state index < -0.39 is 11.5 Å². The molecule has 1 N–H and O–H groups in total. The van der Waals surface area contributed by atoms with Gasteiger partial charge in [0.15, 0.2) is 0 Å². The molecule has 1 aliphatic rings. The second kappa shape index (κ2) is 9.01. The number of pyridine rings is 2. The van der Waals surface area contributed by atoms with Crippen LogP contribution in [0.5, 0.6) is 5.75 Å². The number of nitrogens with zero attached hydrogens (tertiary/aromatic N) is 3. The normalized spacial score (nSPS) is 13.7. The second-order valence-corrected chi connectivity index (χ2v) is 7.18. The molecule has 0 atom stereocenters. The van der Waals surface area contributed by atoms with Crippen molar-refractivity contribution in [3.05, 3.63) is 76.3 Å². The van der Waals surface area contributed by atoms with Crippen LogP contribution in [-0.2, 0) is 4.74 Å². The Morgan fingerprint density at radius 2 is 1.90 bits per heavy atom. The number of hydrogen-bond donors (Lipinski definition) is 1. The van der Waals surface area contributed by atoms with Gasteiger partial charge < -0.3 is 19.7 Å². The quantitative estimate of drug-likeness (QED) is 0.683. The van der Waals surface area contributed by atoms with Crippen LogP contribution in [0.3, 0.4) is 0 Å². The van der Waals surface area contributed by atoms with E-state index >= 15 is 0 Å². The van der Waals surface area contributed by atoms with Crippen LogP contribution in [0.15, 0.2) is 59.7 Å². The first kappa shape index (κ1) is 20.6. The van der Waals surface area contributed by atoms with Gasteiger partial charge in [-0.3, -0.25) is 14.2 Å². The Balaban J connectivity index is 1.59. The lowest BCUT2D eigenvalue weighted by Gasteiger charge is -2.27. The molecule has 0 radical (unpaired) electrons. The largest absolute Gasteiger partial charge is 0.495 e. The average molecular weight is 420 g/mol. The summed E-state index contributed by atoms with van der Waals surface area (Å²) >= 11 is 0. The number of aromatic nitrogens is 2. The number of carbonyl (C=O) groups is 1. The van der Waals surface area contributed by atoms with Gasteiger partial charge in [-0.2, -0.15) is 0 Å². The van der Waals surface area contributed by atoms with E-state index in [1.165, 1.54) is 4.57 Å². The predicted octanol–water partition coefficient (Wildman–Crippen LogP) is 2.64. The molecule has 4 rings (SSSR count). The lowest BCUT2D eigenvalue weighted by molar-refractivity contribution is 0.102. The molecule has 8 heteroatoms. The molecule has 2 aromatic heterocycles. The third-order valence-corrected chi connectivity index (χ3v) is 5.21. The number of benzene rings is 1. The fourth-order valence-corrected chi connectivity index (χ4v) is 3.55. The van der Waals surface area contributed by atoms with E-state index in [0.717, 1.165) is 18.9 Å². The van der Waals surface area contributed by atoms with Crippen molar-refractivity contribution in [1.82, 2.24) is 9.55 Å². The van der Waals surface area contributed by atoms with Crippen LogP contribution in [0.1, 0.15) is 15.9 Å². The van der Waals surface area contributed by atoms with Gasteiger partial charge in [0, 0.05) is 19.3 Å². The molecular formula is C23H24N4O4. The van der Waals surface area contributed by atoms with Crippen molar-refractivity contribution < 1.29 is 14.3 Å². The summed E-state index contributed by atoms with van der Waals surface area (Å²) in [6.07, 6.45) is 3.24. The van der Waals surface area contributed by atoms with Gasteiger partial charge in [0.1, 0.15) is 17.1 Å². The monoisotopic (exact) mass is 420 g/mol. The molecule has 1 aromatic carbocycles. The zero-order chi connectivity index (χ0) is 21.8. The molecule has 0 aliphatic carbocycles. The molecule has 0 bridgehead atoms. The minimum atomic E-state index is -0.479. The number of nitrogens with one attached hydrogen (secondary N) is 1. The number of ether oxygens (including phenoxy) is 2. The van der Waals surface area contributed by atoms with Crippen molar-refractivity contribution in [2.45, 2.75) is 6.92 Å². The van der Waals surface area contributed by atoms with Gasteiger partial charge in [-0.1, -0.05) is 12.1 Å². The van der Waals surface area contributed by atoms with E-state index in [9.17, 15) is 9.59 Å². The molecular weight excluding hydrogens is 396 g/mol. The predicted molar refractivity (Wildman–Crippen MR) is 119 cm³/mol. The Hall–Kier alpha value is -3.65. The van der Waals surface area contributed by atoms with Gasteiger partial charge in [-0.05, 0) is 42.8 Å². The number of hydrogen-bond acceptors (Lipinski definition) is 6. The molecule has 0 spiro atoms. The first-order valence-corrected chi connectivity index (χ1v) is 10.0. The number of aryl methyl sites for hydroxylation is 1. The van der Waals surface area contributed by atoms with Gasteiger partial charge in [0.25, 0.3) is 11.5 Å². The molecule has 1 fully saturated rings. The summed E-state index contributed by atoms with van der Waals surface area (Å²) in [6, 6.07) is 12.5. The fraction of sp³-hybridized carbons (Fsp3) is 0.261. The summed E-state index contributed by atoms with van der Waals surface area (Å²) in [5, 5.41) is 2.79. The maximum atomic E-state index is 13.2. The minimum absolute atomic E-state index is 0.0747. The summed E-state index contributed by atoms with van der Waals surface area (Å²) in [5.41, 5.74) is 1.34. The highest BCUT2D eigenvalue weighted by Gasteiger charge is 2.19. The summed E-state index contributed by atoms with van der Waals surface area (Å²) in [6.45, 7) is 4.65. The van der Waals surface area contributed by atoms with Gasteiger partial charge in [-0.15, -0.1) is 0 Å². The molecule has 1 saturated heterocycles. The van der Waals surface area contributed by atoms with Crippen LogP contribution in [0.4, 0.5) is 11.5 Å². The SMILES string of the molecule is COc1ccccc1-n1ccc(C)c(C(=O)Nc2ccc(N3CCOCC3)nc2)c1=O. The van der Waals surface area contributed by atoms with Crippen molar-refractivity contribution in [3.8, 4) is 11.4 Å². The number of methoxy groups -OCH3 is 1. The Bertz CT molecular complexity index is 1140. The average Bonchev–Trinajstić information content (AvgIpc) is 2.80. The van der Waals surface area contributed by atoms with E-state index in [-0.39, 0.29) is 5.56 Å². The summed E-state index contributed by atoms with van der Waals surface area (Å²) in [5.74, 6) is 0.895. The zero-order valence-corrected chi connectivity index (χ0v) is 17.5. The van der Waals surface area contributed by atoms with E-state index in [1.54, 1.807) is 50.7 Å². The Morgan fingerprint density at radius 3 is 2.61 bits per heavy atom. The molecule has 0 unspecified atom stereocenters. The first-order valence-electron chi connectivity index (χ1n) is 10.0. The van der Waals surface area contributed by atoms with Crippen molar-refractivity contribution >= 4 is 17.4 Å². The van der Waals surface area contributed by atoms with Gasteiger partial charge in [0.2, 0.25) is 0 Å². The molecule has 8 nitrogen and oxygen atoms in total. The third kappa shape index (κ3) is 4.29. The highest BCUT2D eigenvalue weighted by atomic mass is 16.5. The molecule has 160 valence electrons. The molecule has 3 aromatic rings. The molecule has 31 heavy (non-hydrogen) atoms. The highest BCUT2D eigenvalue weighted by Crippen LogP contribution is 2.21. The van der Waals surface area contributed by atoms with E-state index in [2.05, 4.69) is 15.2 Å². The van der Waals surface area contributed by atoms with Crippen molar-refractivity contribution in [2.75, 3.05) is 43.6 Å². The number of amides is 1. The number of carbonyl (C=O) groups excluding carboxylic acids is 1. The van der Waals surface area contributed by atoms with E-state index in [4.69, 9.17) is 9.47 Å². The van der Waals surface area contributed by atoms with Gasteiger partial charge in [0.05, 0.1) is 37.9 Å². The second-order valence-electron chi connectivity index (χ2n) is 7.18. The molecule has 1 amide bonds. The molecule has 0 saturated carbocycles. The summed E-state index contributed by atoms with van der Waals surface area (Å²) in [7, 11) is 1.54.